The molecule has 1 atom stereocenters. The van der Waals surface area contributed by atoms with Crippen LogP contribution in [0.25, 0.3) is 11.0 Å². The smallest absolute Gasteiger partial charge is 0.303 e. The van der Waals surface area contributed by atoms with E-state index in [9.17, 15) is 4.79 Å². The summed E-state index contributed by atoms with van der Waals surface area (Å²) in [5.74, 6) is 0.129. The lowest BCUT2D eigenvalue weighted by Crippen LogP contribution is -2.12. The molecule has 1 heterocycles. The Hall–Kier alpha value is -1.88. The van der Waals surface area contributed by atoms with Gasteiger partial charge in [0.2, 0.25) is 0 Å². The van der Waals surface area contributed by atoms with E-state index < -0.39 is 5.97 Å². The van der Waals surface area contributed by atoms with Gasteiger partial charge in [-0.25, -0.2) is 4.98 Å². The van der Waals surface area contributed by atoms with Gasteiger partial charge in [-0.2, -0.15) is 0 Å². The zero-order valence-corrected chi connectivity index (χ0v) is 10.6. The standard InChI is InChI=1S/C13H17N3O2/c1-8-15-11-5-3-9(7-12(11)16(8)2)10(14)4-6-13(17)18/h3,5,7,10H,4,6,14H2,1-2H3,(H,17,18). The number of aromatic nitrogens is 2. The number of rotatable bonds is 4. The van der Waals surface area contributed by atoms with Crippen LogP contribution < -0.4 is 5.73 Å². The molecule has 3 N–H and O–H groups in total. The quantitative estimate of drug-likeness (QED) is 0.862. The normalized spacial score (nSPS) is 12.8. The zero-order valence-electron chi connectivity index (χ0n) is 10.6. The van der Waals surface area contributed by atoms with E-state index in [-0.39, 0.29) is 12.5 Å². The maximum Gasteiger partial charge on any atom is 0.303 e. The highest BCUT2D eigenvalue weighted by molar-refractivity contribution is 5.77. The van der Waals surface area contributed by atoms with Gasteiger partial charge in [-0.05, 0) is 31.0 Å². The Morgan fingerprint density at radius 2 is 2.28 bits per heavy atom. The van der Waals surface area contributed by atoms with Crippen LogP contribution in [0.2, 0.25) is 0 Å². The third kappa shape index (κ3) is 2.36. The molecule has 96 valence electrons. The van der Waals surface area contributed by atoms with Crippen LogP contribution in [0.5, 0.6) is 0 Å². The lowest BCUT2D eigenvalue weighted by Gasteiger charge is -2.11. The van der Waals surface area contributed by atoms with Crippen LogP contribution in [0.15, 0.2) is 18.2 Å². The van der Waals surface area contributed by atoms with Gasteiger partial charge < -0.3 is 15.4 Å². The van der Waals surface area contributed by atoms with E-state index in [2.05, 4.69) is 4.98 Å². The van der Waals surface area contributed by atoms with Crippen molar-refractivity contribution >= 4 is 17.0 Å². The molecule has 0 amide bonds. The molecule has 5 heteroatoms. The number of hydrogen-bond donors (Lipinski definition) is 2. The molecule has 18 heavy (non-hydrogen) atoms. The number of aryl methyl sites for hydroxylation is 2. The minimum atomic E-state index is -0.817. The highest BCUT2D eigenvalue weighted by atomic mass is 16.4. The third-order valence-corrected chi connectivity index (χ3v) is 3.23. The Bertz CT molecular complexity index is 589. The Morgan fingerprint density at radius 3 is 2.94 bits per heavy atom. The summed E-state index contributed by atoms with van der Waals surface area (Å²) in [7, 11) is 1.96. The average Bonchev–Trinajstić information content (AvgIpc) is 2.62. The molecule has 1 aromatic heterocycles. The maximum atomic E-state index is 10.5. The summed E-state index contributed by atoms with van der Waals surface area (Å²) in [6, 6.07) is 5.59. The van der Waals surface area contributed by atoms with Crippen molar-refractivity contribution in [1.82, 2.24) is 9.55 Å². The molecule has 1 unspecified atom stereocenters. The minimum absolute atomic E-state index is 0.0869. The fourth-order valence-corrected chi connectivity index (χ4v) is 2.00. The van der Waals surface area contributed by atoms with Crippen molar-refractivity contribution in [3.05, 3.63) is 29.6 Å². The van der Waals surface area contributed by atoms with E-state index in [1.807, 2.05) is 36.7 Å². The second-order valence-corrected chi connectivity index (χ2v) is 4.51. The predicted molar refractivity (Wildman–Crippen MR) is 69.2 cm³/mol. The van der Waals surface area contributed by atoms with Crippen molar-refractivity contribution in [2.45, 2.75) is 25.8 Å². The molecule has 0 spiro atoms. The molecule has 1 aromatic carbocycles. The Labute approximate surface area is 105 Å². The van der Waals surface area contributed by atoms with Gasteiger partial charge in [0.05, 0.1) is 11.0 Å². The van der Waals surface area contributed by atoms with Gasteiger partial charge in [-0.1, -0.05) is 6.07 Å². The van der Waals surface area contributed by atoms with Crippen LogP contribution >= 0.6 is 0 Å². The van der Waals surface area contributed by atoms with Crippen molar-refractivity contribution in [2.24, 2.45) is 12.8 Å². The largest absolute Gasteiger partial charge is 0.481 e. The number of aliphatic carboxylic acids is 1. The molecule has 2 rings (SSSR count). The summed E-state index contributed by atoms with van der Waals surface area (Å²) in [4.78, 5) is 15.0. The van der Waals surface area contributed by atoms with E-state index in [0.717, 1.165) is 22.4 Å². The van der Waals surface area contributed by atoms with E-state index in [4.69, 9.17) is 10.8 Å². The van der Waals surface area contributed by atoms with Crippen LogP contribution in [-0.4, -0.2) is 20.6 Å². The topological polar surface area (TPSA) is 81.1 Å². The summed E-state index contributed by atoms with van der Waals surface area (Å²) < 4.78 is 2.00. The summed E-state index contributed by atoms with van der Waals surface area (Å²) in [6.07, 6.45) is 0.529. The number of nitrogens with zero attached hydrogens (tertiary/aromatic N) is 2. The lowest BCUT2D eigenvalue weighted by atomic mass is 10.0. The van der Waals surface area contributed by atoms with Crippen LogP contribution in [0.1, 0.15) is 30.3 Å². The second-order valence-electron chi connectivity index (χ2n) is 4.51. The lowest BCUT2D eigenvalue weighted by molar-refractivity contribution is -0.137. The number of fused-ring (bicyclic) bond motifs is 1. The molecule has 2 aromatic rings. The van der Waals surface area contributed by atoms with Crippen molar-refractivity contribution in [1.29, 1.82) is 0 Å². The van der Waals surface area contributed by atoms with Crippen molar-refractivity contribution in [3.63, 3.8) is 0 Å². The molecule has 0 saturated heterocycles. The van der Waals surface area contributed by atoms with Crippen LogP contribution in [0.3, 0.4) is 0 Å². The Balaban J connectivity index is 2.28. The fraction of sp³-hybridized carbons (Fsp3) is 0.385. The van der Waals surface area contributed by atoms with Gasteiger partial charge in [-0.15, -0.1) is 0 Å². The van der Waals surface area contributed by atoms with Gasteiger partial charge in [0.15, 0.2) is 0 Å². The SMILES string of the molecule is Cc1nc2ccc(C(N)CCC(=O)O)cc2n1C. The second kappa shape index (κ2) is 4.78. The monoisotopic (exact) mass is 247 g/mol. The number of carboxylic acids is 1. The molecular weight excluding hydrogens is 230 g/mol. The molecule has 0 aliphatic carbocycles. The van der Waals surface area contributed by atoms with Crippen molar-refractivity contribution in [3.8, 4) is 0 Å². The van der Waals surface area contributed by atoms with E-state index in [0.29, 0.717) is 6.42 Å². The van der Waals surface area contributed by atoms with Gasteiger partial charge >= 0.3 is 5.97 Å². The van der Waals surface area contributed by atoms with Gasteiger partial charge in [0.1, 0.15) is 5.82 Å². The number of carboxylic acid groups (broad SMARTS) is 1. The Kier molecular flexibility index (Phi) is 3.34. The number of imidazole rings is 1. The first-order chi connectivity index (χ1) is 8.49. The summed E-state index contributed by atoms with van der Waals surface area (Å²) >= 11 is 0. The van der Waals surface area contributed by atoms with Gasteiger partial charge in [0.25, 0.3) is 0 Å². The van der Waals surface area contributed by atoms with Crippen LogP contribution in [0, 0.1) is 6.92 Å². The van der Waals surface area contributed by atoms with Gasteiger partial charge in [-0.3, -0.25) is 4.79 Å². The molecule has 0 fully saturated rings. The molecular formula is C13H17N3O2. The highest BCUT2D eigenvalue weighted by Gasteiger charge is 2.11. The molecule has 0 bridgehead atoms. The van der Waals surface area contributed by atoms with Crippen LogP contribution in [-0.2, 0) is 11.8 Å². The van der Waals surface area contributed by atoms with Crippen LogP contribution in [0.4, 0.5) is 0 Å². The molecule has 0 radical (unpaired) electrons. The Morgan fingerprint density at radius 1 is 1.56 bits per heavy atom. The molecule has 0 saturated carbocycles. The average molecular weight is 247 g/mol. The first-order valence-electron chi connectivity index (χ1n) is 5.89. The number of carbonyl (C=O) groups is 1. The summed E-state index contributed by atoms with van der Waals surface area (Å²) in [5, 5.41) is 8.66. The summed E-state index contributed by atoms with van der Waals surface area (Å²) in [6.45, 7) is 1.95. The first-order valence-corrected chi connectivity index (χ1v) is 5.89. The third-order valence-electron chi connectivity index (χ3n) is 3.23. The summed E-state index contributed by atoms with van der Waals surface area (Å²) in [5.41, 5.74) is 8.91. The molecule has 0 aliphatic heterocycles. The minimum Gasteiger partial charge on any atom is -0.481 e. The van der Waals surface area contributed by atoms with Gasteiger partial charge in [0, 0.05) is 19.5 Å². The number of hydrogen-bond acceptors (Lipinski definition) is 3. The van der Waals surface area contributed by atoms with Crippen molar-refractivity contribution in [2.75, 3.05) is 0 Å². The molecule has 0 aliphatic rings. The van der Waals surface area contributed by atoms with Crippen molar-refractivity contribution < 1.29 is 9.90 Å². The number of benzene rings is 1. The maximum absolute atomic E-state index is 10.5. The van der Waals surface area contributed by atoms with E-state index in [1.165, 1.54) is 0 Å². The number of nitrogens with two attached hydrogens (primary N) is 1. The zero-order chi connectivity index (χ0) is 13.3. The highest BCUT2D eigenvalue weighted by Crippen LogP contribution is 2.22. The van der Waals surface area contributed by atoms with E-state index >= 15 is 0 Å². The molecule has 5 nitrogen and oxygen atoms in total. The fourth-order valence-electron chi connectivity index (χ4n) is 2.00. The first kappa shape index (κ1) is 12.6. The predicted octanol–water partition coefficient (Wildman–Crippen LogP) is 1.75. The van der Waals surface area contributed by atoms with E-state index in [1.54, 1.807) is 0 Å².